The number of halogens is 1. The number of nitrogens with zero attached hydrogens (tertiary/aromatic N) is 3. The minimum absolute atomic E-state index is 0.237. The van der Waals surface area contributed by atoms with Gasteiger partial charge in [0.1, 0.15) is 0 Å². The summed E-state index contributed by atoms with van der Waals surface area (Å²) in [5.74, 6) is 0.237. The standard InChI is InChI=1S/C12H22BrN3O/c1-5-9(2)12(17)11-10(13)8-14-16(11)7-6-15(3)4/h8-9,12,17H,5-7H2,1-4H3. The summed E-state index contributed by atoms with van der Waals surface area (Å²) in [6.45, 7) is 5.85. The van der Waals surface area contributed by atoms with E-state index in [-0.39, 0.29) is 5.92 Å². The van der Waals surface area contributed by atoms with E-state index in [4.69, 9.17) is 0 Å². The van der Waals surface area contributed by atoms with Crippen molar-refractivity contribution in [1.29, 1.82) is 0 Å². The second kappa shape index (κ2) is 6.52. The van der Waals surface area contributed by atoms with Crippen molar-refractivity contribution in [2.75, 3.05) is 20.6 Å². The van der Waals surface area contributed by atoms with Gasteiger partial charge in [-0.05, 0) is 35.9 Å². The normalized spacial score (nSPS) is 15.2. The van der Waals surface area contributed by atoms with E-state index in [1.165, 1.54) is 0 Å². The van der Waals surface area contributed by atoms with E-state index in [2.05, 4.69) is 39.8 Å². The Hall–Kier alpha value is -0.390. The lowest BCUT2D eigenvalue weighted by Crippen LogP contribution is -2.22. The molecule has 1 rings (SSSR count). The molecular weight excluding hydrogens is 282 g/mol. The Bertz CT molecular complexity index is 352. The van der Waals surface area contributed by atoms with Crippen LogP contribution in [0.15, 0.2) is 10.7 Å². The van der Waals surface area contributed by atoms with Crippen LogP contribution in [0.25, 0.3) is 0 Å². The second-order valence-electron chi connectivity index (χ2n) is 4.73. The quantitative estimate of drug-likeness (QED) is 0.876. The number of likely N-dealkylation sites (N-methyl/N-ethyl adjacent to an activating group) is 1. The van der Waals surface area contributed by atoms with Gasteiger partial charge < -0.3 is 10.0 Å². The number of rotatable bonds is 6. The van der Waals surface area contributed by atoms with Crippen molar-refractivity contribution in [2.24, 2.45) is 5.92 Å². The first-order chi connectivity index (χ1) is 7.97. The van der Waals surface area contributed by atoms with Gasteiger partial charge in [-0.3, -0.25) is 4.68 Å². The Kier molecular flexibility index (Phi) is 5.62. The van der Waals surface area contributed by atoms with Gasteiger partial charge in [0.15, 0.2) is 0 Å². The Morgan fingerprint density at radius 3 is 2.71 bits per heavy atom. The van der Waals surface area contributed by atoms with Crippen LogP contribution in [-0.2, 0) is 6.54 Å². The number of aromatic nitrogens is 2. The zero-order valence-corrected chi connectivity index (χ0v) is 12.6. The monoisotopic (exact) mass is 303 g/mol. The molecule has 2 unspecified atom stereocenters. The Labute approximate surface area is 112 Å². The highest BCUT2D eigenvalue weighted by molar-refractivity contribution is 9.10. The van der Waals surface area contributed by atoms with Gasteiger partial charge in [0, 0.05) is 6.54 Å². The highest BCUT2D eigenvalue weighted by atomic mass is 79.9. The highest BCUT2D eigenvalue weighted by Crippen LogP contribution is 2.29. The van der Waals surface area contributed by atoms with Crippen LogP contribution in [0.3, 0.4) is 0 Å². The Morgan fingerprint density at radius 1 is 1.53 bits per heavy atom. The van der Waals surface area contributed by atoms with Gasteiger partial charge in [0.25, 0.3) is 0 Å². The molecule has 0 saturated heterocycles. The second-order valence-corrected chi connectivity index (χ2v) is 5.59. The molecule has 1 N–H and O–H groups in total. The Morgan fingerprint density at radius 2 is 2.18 bits per heavy atom. The minimum Gasteiger partial charge on any atom is -0.386 e. The van der Waals surface area contributed by atoms with Gasteiger partial charge in [-0.2, -0.15) is 5.10 Å². The summed E-state index contributed by atoms with van der Waals surface area (Å²) in [7, 11) is 4.06. The maximum Gasteiger partial charge on any atom is 0.0993 e. The molecule has 0 aliphatic heterocycles. The molecule has 98 valence electrons. The largest absolute Gasteiger partial charge is 0.386 e. The van der Waals surface area contributed by atoms with Crippen molar-refractivity contribution in [3.05, 3.63) is 16.4 Å². The molecule has 0 aliphatic rings. The van der Waals surface area contributed by atoms with E-state index in [0.717, 1.165) is 29.7 Å². The number of aliphatic hydroxyl groups excluding tert-OH is 1. The molecule has 0 fully saturated rings. The molecule has 0 aromatic carbocycles. The molecule has 4 nitrogen and oxygen atoms in total. The van der Waals surface area contributed by atoms with Crippen LogP contribution in [0.5, 0.6) is 0 Å². The van der Waals surface area contributed by atoms with Gasteiger partial charge >= 0.3 is 0 Å². The van der Waals surface area contributed by atoms with Crippen LogP contribution >= 0.6 is 15.9 Å². The summed E-state index contributed by atoms with van der Waals surface area (Å²) in [4.78, 5) is 2.11. The van der Waals surface area contributed by atoms with Crippen molar-refractivity contribution < 1.29 is 5.11 Å². The maximum absolute atomic E-state index is 10.3. The van der Waals surface area contributed by atoms with E-state index in [9.17, 15) is 5.11 Å². The molecule has 0 bridgehead atoms. The van der Waals surface area contributed by atoms with Gasteiger partial charge in [-0.25, -0.2) is 0 Å². The Balaban J connectivity index is 2.85. The van der Waals surface area contributed by atoms with Crippen molar-refractivity contribution in [1.82, 2.24) is 14.7 Å². The molecule has 0 radical (unpaired) electrons. The molecular formula is C12H22BrN3O. The predicted octanol–water partition coefficient (Wildman–Crippen LogP) is 2.29. The van der Waals surface area contributed by atoms with Crippen LogP contribution in [-0.4, -0.2) is 40.4 Å². The molecule has 0 amide bonds. The van der Waals surface area contributed by atoms with Crippen LogP contribution in [0.2, 0.25) is 0 Å². The number of hydrogen-bond acceptors (Lipinski definition) is 3. The van der Waals surface area contributed by atoms with E-state index >= 15 is 0 Å². The summed E-state index contributed by atoms with van der Waals surface area (Å²) in [5.41, 5.74) is 0.890. The summed E-state index contributed by atoms with van der Waals surface area (Å²) >= 11 is 3.47. The minimum atomic E-state index is -0.459. The molecule has 1 heterocycles. The van der Waals surface area contributed by atoms with E-state index in [1.807, 2.05) is 18.8 Å². The lowest BCUT2D eigenvalue weighted by molar-refractivity contribution is 0.104. The van der Waals surface area contributed by atoms with Gasteiger partial charge in [0.2, 0.25) is 0 Å². The fraction of sp³-hybridized carbons (Fsp3) is 0.750. The van der Waals surface area contributed by atoms with Crippen molar-refractivity contribution in [3.8, 4) is 0 Å². The average molecular weight is 304 g/mol. The molecule has 0 saturated carbocycles. The van der Waals surface area contributed by atoms with Crippen molar-refractivity contribution in [3.63, 3.8) is 0 Å². The summed E-state index contributed by atoms with van der Waals surface area (Å²) in [6.07, 6.45) is 2.25. The number of hydrogen-bond donors (Lipinski definition) is 1. The summed E-state index contributed by atoms with van der Waals surface area (Å²) in [6, 6.07) is 0. The third-order valence-corrected chi connectivity index (χ3v) is 3.67. The predicted molar refractivity (Wildman–Crippen MR) is 72.9 cm³/mol. The van der Waals surface area contributed by atoms with Crippen LogP contribution in [0, 0.1) is 5.92 Å². The first-order valence-electron chi connectivity index (χ1n) is 6.01. The van der Waals surface area contributed by atoms with Crippen LogP contribution < -0.4 is 0 Å². The number of aliphatic hydroxyl groups is 1. The summed E-state index contributed by atoms with van der Waals surface area (Å²) < 4.78 is 2.78. The van der Waals surface area contributed by atoms with Crippen molar-refractivity contribution >= 4 is 15.9 Å². The van der Waals surface area contributed by atoms with Gasteiger partial charge in [-0.15, -0.1) is 0 Å². The van der Waals surface area contributed by atoms with Gasteiger partial charge in [-0.1, -0.05) is 20.3 Å². The highest BCUT2D eigenvalue weighted by Gasteiger charge is 2.22. The lowest BCUT2D eigenvalue weighted by Gasteiger charge is -2.20. The first kappa shape index (κ1) is 14.7. The third-order valence-electron chi connectivity index (χ3n) is 3.06. The molecule has 2 atom stereocenters. The molecule has 1 aromatic rings. The average Bonchev–Trinajstić information content (AvgIpc) is 2.65. The molecule has 5 heteroatoms. The molecule has 0 aliphatic carbocycles. The topological polar surface area (TPSA) is 41.3 Å². The molecule has 1 aromatic heterocycles. The smallest absolute Gasteiger partial charge is 0.0993 e. The van der Waals surface area contributed by atoms with Gasteiger partial charge in [0.05, 0.1) is 29.0 Å². The third kappa shape index (κ3) is 3.79. The summed E-state index contributed by atoms with van der Waals surface area (Å²) in [5, 5.41) is 14.6. The van der Waals surface area contributed by atoms with Crippen LogP contribution in [0.4, 0.5) is 0 Å². The van der Waals surface area contributed by atoms with E-state index in [0.29, 0.717) is 0 Å². The molecule has 17 heavy (non-hydrogen) atoms. The molecule has 0 spiro atoms. The SMILES string of the molecule is CCC(C)C(O)c1c(Br)cnn1CCN(C)C. The lowest BCUT2D eigenvalue weighted by atomic mass is 9.99. The first-order valence-corrected chi connectivity index (χ1v) is 6.80. The zero-order chi connectivity index (χ0) is 13.0. The fourth-order valence-electron chi connectivity index (χ4n) is 1.63. The van der Waals surface area contributed by atoms with E-state index in [1.54, 1.807) is 6.20 Å². The van der Waals surface area contributed by atoms with Crippen molar-refractivity contribution in [2.45, 2.75) is 32.9 Å². The maximum atomic E-state index is 10.3. The fourth-order valence-corrected chi connectivity index (χ4v) is 2.16. The van der Waals surface area contributed by atoms with E-state index < -0.39 is 6.10 Å². The van der Waals surface area contributed by atoms with Crippen LogP contribution in [0.1, 0.15) is 32.1 Å². The zero-order valence-electron chi connectivity index (χ0n) is 11.0.